The maximum atomic E-state index is 12.5. The van der Waals surface area contributed by atoms with Crippen molar-refractivity contribution in [1.82, 2.24) is 0 Å². The largest absolute Gasteiger partial charge is 0.493 e. The molecule has 36 heavy (non-hydrogen) atoms. The van der Waals surface area contributed by atoms with Crippen LogP contribution in [0.3, 0.4) is 0 Å². The molecule has 0 saturated carbocycles. The average molecular weight is 496 g/mol. The molecular weight excluding hydrogens is 474 g/mol. The van der Waals surface area contributed by atoms with Gasteiger partial charge in [0.1, 0.15) is 6.61 Å². The summed E-state index contributed by atoms with van der Waals surface area (Å²) in [6.45, 7) is 0.348. The van der Waals surface area contributed by atoms with Crippen LogP contribution in [0.5, 0.6) is 11.5 Å². The van der Waals surface area contributed by atoms with Gasteiger partial charge in [-0.2, -0.15) is 0 Å². The minimum atomic E-state index is -0.502. The number of esters is 1. The molecule has 6 heteroatoms. The third-order valence-corrected chi connectivity index (χ3v) is 5.87. The van der Waals surface area contributed by atoms with Crippen molar-refractivity contribution in [1.29, 1.82) is 0 Å². The number of hydrogen-bond acceptors (Lipinski definition) is 5. The molecule has 0 amide bonds. The summed E-state index contributed by atoms with van der Waals surface area (Å²) in [5.41, 5.74) is 4.82. The Morgan fingerprint density at radius 2 is 1.58 bits per heavy atom. The number of nitrogens with zero attached hydrogens (tertiary/aromatic N) is 1. The average Bonchev–Trinajstić information content (AvgIpc) is 3.28. The molecule has 0 fully saturated rings. The monoisotopic (exact) mass is 495 g/mol. The van der Waals surface area contributed by atoms with Gasteiger partial charge in [0, 0.05) is 10.6 Å². The SMILES string of the molecule is COc1cc(/C=C2\N=C(c3ccc(-c4ccccc4)cc3)OC2=O)ccc1OCc1cccc(Cl)c1. The van der Waals surface area contributed by atoms with E-state index in [1.165, 1.54) is 0 Å². The van der Waals surface area contributed by atoms with Gasteiger partial charge in [0.25, 0.3) is 0 Å². The van der Waals surface area contributed by atoms with Crippen LogP contribution in [0, 0.1) is 0 Å². The predicted octanol–water partition coefficient (Wildman–Crippen LogP) is 6.94. The van der Waals surface area contributed by atoms with Crippen LogP contribution in [0.1, 0.15) is 16.7 Å². The molecule has 0 radical (unpaired) electrons. The fourth-order valence-corrected chi connectivity index (χ4v) is 4.02. The first-order valence-corrected chi connectivity index (χ1v) is 11.7. The molecule has 0 aliphatic carbocycles. The molecular formula is C30H22ClNO4. The highest BCUT2D eigenvalue weighted by atomic mass is 35.5. The van der Waals surface area contributed by atoms with Gasteiger partial charge in [-0.15, -0.1) is 0 Å². The van der Waals surface area contributed by atoms with Crippen LogP contribution in [0.2, 0.25) is 5.02 Å². The van der Waals surface area contributed by atoms with Gasteiger partial charge in [-0.3, -0.25) is 0 Å². The number of halogens is 1. The van der Waals surface area contributed by atoms with Gasteiger partial charge < -0.3 is 14.2 Å². The normalized spacial score (nSPS) is 13.9. The Morgan fingerprint density at radius 1 is 0.833 bits per heavy atom. The lowest BCUT2D eigenvalue weighted by Gasteiger charge is -2.11. The summed E-state index contributed by atoms with van der Waals surface area (Å²) in [6.07, 6.45) is 1.66. The molecule has 5 nitrogen and oxygen atoms in total. The van der Waals surface area contributed by atoms with E-state index in [4.69, 9.17) is 25.8 Å². The van der Waals surface area contributed by atoms with Crippen LogP contribution in [-0.4, -0.2) is 19.0 Å². The van der Waals surface area contributed by atoms with Crippen molar-refractivity contribution in [3.8, 4) is 22.6 Å². The second kappa shape index (κ2) is 10.5. The number of methoxy groups -OCH3 is 1. The summed E-state index contributed by atoms with van der Waals surface area (Å²) in [4.78, 5) is 16.9. The van der Waals surface area contributed by atoms with Crippen LogP contribution < -0.4 is 9.47 Å². The maximum absolute atomic E-state index is 12.5. The summed E-state index contributed by atoms with van der Waals surface area (Å²) < 4.78 is 16.8. The third kappa shape index (κ3) is 5.32. The first-order valence-electron chi connectivity index (χ1n) is 11.3. The second-order valence-corrected chi connectivity index (χ2v) is 8.54. The highest BCUT2D eigenvalue weighted by molar-refractivity contribution is 6.30. The van der Waals surface area contributed by atoms with Crippen molar-refractivity contribution in [3.63, 3.8) is 0 Å². The molecule has 0 atom stereocenters. The third-order valence-electron chi connectivity index (χ3n) is 5.63. The lowest BCUT2D eigenvalue weighted by molar-refractivity contribution is -0.129. The standard InChI is InChI=1S/C30H22ClNO4/c1-34-28-18-20(10-15-27(28)35-19-21-6-5-9-25(31)16-21)17-26-30(33)36-29(32-26)24-13-11-23(12-14-24)22-7-3-2-4-8-22/h2-18H,19H2,1H3/b26-17-. The Morgan fingerprint density at radius 3 is 2.33 bits per heavy atom. The molecule has 5 rings (SSSR count). The van der Waals surface area contributed by atoms with E-state index in [0.717, 1.165) is 27.8 Å². The molecule has 0 bridgehead atoms. The summed E-state index contributed by atoms with van der Waals surface area (Å²) in [6, 6.07) is 30.7. The number of hydrogen-bond donors (Lipinski definition) is 0. The van der Waals surface area contributed by atoms with E-state index in [2.05, 4.69) is 4.99 Å². The van der Waals surface area contributed by atoms with Crippen molar-refractivity contribution in [2.75, 3.05) is 7.11 Å². The molecule has 178 valence electrons. The van der Waals surface area contributed by atoms with Gasteiger partial charge in [0.15, 0.2) is 17.2 Å². The zero-order chi connectivity index (χ0) is 24.9. The molecule has 0 unspecified atom stereocenters. The number of benzene rings is 4. The molecule has 1 heterocycles. The maximum Gasteiger partial charge on any atom is 0.363 e. The molecule has 4 aromatic rings. The predicted molar refractivity (Wildman–Crippen MR) is 141 cm³/mol. The van der Waals surface area contributed by atoms with E-state index < -0.39 is 5.97 Å². The summed E-state index contributed by atoms with van der Waals surface area (Å²) in [7, 11) is 1.57. The zero-order valence-electron chi connectivity index (χ0n) is 19.5. The lowest BCUT2D eigenvalue weighted by Crippen LogP contribution is -2.05. The van der Waals surface area contributed by atoms with Gasteiger partial charge in [-0.1, -0.05) is 72.3 Å². The van der Waals surface area contributed by atoms with Crippen LogP contribution in [0.15, 0.2) is 108 Å². The molecule has 4 aromatic carbocycles. The smallest absolute Gasteiger partial charge is 0.363 e. The van der Waals surface area contributed by atoms with Crippen molar-refractivity contribution in [3.05, 3.63) is 124 Å². The van der Waals surface area contributed by atoms with Gasteiger partial charge in [0.05, 0.1) is 7.11 Å². The highest BCUT2D eigenvalue weighted by Crippen LogP contribution is 2.31. The second-order valence-electron chi connectivity index (χ2n) is 8.11. The first-order chi connectivity index (χ1) is 17.6. The minimum Gasteiger partial charge on any atom is -0.493 e. The quantitative estimate of drug-likeness (QED) is 0.206. The van der Waals surface area contributed by atoms with Gasteiger partial charge in [-0.25, -0.2) is 9.79 Å². The minimum absolute atomic E-state index is 0.215. The molecule has 1 aliphatic rings. The Kier molecular flexibility index (Phi) is 6.83. The topological polar surface area (TPSA) is 57.1 Å². The number of carbonyl (C=O) groups excluding carboxylic acids is 1. The van der Waals surface area contributed by atoms with E-state index >= 15 is 0 Å². The molecule has 0 N–H and O–H groups in total. The fraction of sp³-hybridized carbons (Fsp3) is 0.0667. The molecule has 0 aromatic heterocycles. The Hall–Kier alpha value is -4.35. The summed E-state index contributed by atoms with van der Waals surface area (Å²) >= 11 is 6.05. The molecule has 0 saturated heterocycles. The zero-order valence-corrected chi connectivity index (χ0v) is 20.2. The molecule has 1 aliphatic heterocycles. The van der Waals surface area contributed by atoms with Crippen LogP contribution in [-0.2, 0) is 16.1 Å². The number of rotatable bonds is 7. The summed E-state index contributed by atoms with van der Waals surface area (Å²) in [5.74, 6) is 0.895. The van der Waals surface area contributed by atoms with Crippen LogP contribution in [0.25, 0.3) is 17.2 Å². The van der Waals surface area contributed by atoms with Crippen molar-refractivity contribution < 1.29 is 19.0 Å². The first kappa shape index (κ1) is 23.4. The Bertz CT molecular complexity index is 1460. The van der Waals surface area contributed by atoms with Crippen LogP contribution in [0.4, 0.5) is 0 Å². The van der Waals surface area contributed by atoms with E-state index in [0.29, 0.717) is 23.1 Å². The number of carbonyl (C=O) groups is 1. The lowest BCUT2D eigenvalue weighted by atomic mass is 10.0. The van der Waals surface area contributed by atoms with Crippen molar-refractivity contribution in [2.24, 2.45) is 4.99 Å². The fourth-order valence-electron chi connectivity index (χ4n) is 3.81. The van der Waals surface area contributed by atoms with E-state index in [9.17, 15) is 4.79 Å². The van der Waals surface area contributed by atoms with Gasteiger partial charge in [-0.05, 0) is 64.7 Å². The highest BCUT2D eigenvalue weighted by Gasteiger charge is 2.24. The van der Waals surface area contributed by atoms with Crippen LogP contribution >= 0.6 is 11.6 Å². The van der Waals surface area contributed by atoms with Crippen molar-refractivity contribution >= 4 is 29.5 Å². The number of cyclic esters (lactones) is 1. The Labute approximate surface area is 214 Å². The Balaban J connectivity index is 1.33. The van der Waals surface area contributed by atoms with Gasteiger partial charge >= 0.3 is 5.97 Å². The van der Waals surface area contributed by atoms with Crippen molar-refractivity contribution in [2.45, 2.75) is 6.61 Å². The van der Waals surface area contributed by atoms with E-state index in [1.807, 2.05) is 84.9 Å². The number of ether oxygens (including phenoxy) is 3. The number of aliphatic imine (C=N–C) groups is 1. The molecule has 0 spiro atoms. The van der Waals surface area contributed by atoms with E-state index in [-0.39, 0.29) is 11.6 Å². The summed E-state index contributed by atoms with van der Waals surface area (Å²) in [5, 5.41) is 0.653. The van der Waals surface area contributed by atoms with E-state index in [1.54, 1.807) is 25.3 Å². The van der Waals surface area contributed by atoms with Gasteiger partial charge in [0.2, 0.25) is 5.90 Å².